The second-order valence-electron chi connectivity index (χ2n) is 5.29. The maximum absolute atomic E-state index is 6.18. The predicted molar refractivity (Wildman–Crippen MR) is 94.0 cm³/mol. The first kappa shape index (κ1) is 14.7. The van der Waals surface area contributed by atoms with Crippen molar-refractivity contribution < 1.29 is 4.74 Å². The second kappa shape index (κ2) is 6.29. The zero-order valence-corrected chi connectivity index (χ0v) is 13.4. The molecule has 0 aliphatic rings. The Morgan fingerprint density at radius 1 is 1.05 bits per heavy atom. The first-order valence-corrected chi connectivity index (χ1v) is 7.61. The van der Waals surface area contributed by atoms with Gasteiger partial charge in [0.15, 0.2) is 0 Å². The number of halogens is 1. The van der Waals surface area contributed by atoms with E-state index in [1.54, 1.807) is 7.11 Å². The number of fused-ring (bicyclic) bond motifs is 1. The Kier molecular flexibility index (Phi) is 4.21. The number of anilines is 1. The van der Waals surface area contributed by atoms with Crippen LogP contribution in [0.3, 0.4) is 0 Å². The summed E-state index contributed by atoms with van der Waals surface area (Å²) in [5.41, 5.74) is 3.23. The Labute approximate surface area is 135 Å². The number of hydrogen-bond acceptors (Lipinski definition) is 2. The highest BCUT2D eigenvalue weighted by atomic mass is 35.5. The fraction of sp³-hybridized carbons (Fsp3) is 0.158. The van der Waals surface area contributed by atoms with E-state index in [9.17, 15) is 0 Å². The summed E-state index contributed by atoms with van der Waals surface area (Å²) in [5, 5.41) is 6.62. The molecule has 0 saturated carbocycles. The summed E-state index contributed by atoms with van der Waals surface area (Å²) in [6.07, 6.45) is 0. The Hall–Kier alpha value is -2.19. The summed E-state index contributed by atoms with van der Waals surface area (Å²) in [4.78, 5) is 0. The molecule has 3 aromatic rings. The Bertz CT molecular complexity index is 814. The average Bonchev–Trinajstić information content (AvgIpc) is 2.55. The van der Waals surface area contributed by atoms with E-state index < -0.39 is 0 Å². The van der Waals surface area contributed by atoms with Gasteiger partial charge in [0.1, 0.15) is 5.75 Å². The van der Waals surface area contributed by atoms with Crippen molar-refractivity contribution in [2.75, 3.05) is 12.4 Å². The van der Waals surface area contributed by atoms with Gasteiger partial charge in [-0.1, -0.05) is 48.0 Å². The van der Waals surface area contributed by atoms with Crippen molar-refractivity contribution in [3.63, 3.8) is 0 Å². The van der Waals surface area contributed by atoms with Gasteiger partial charge >= 0.3 is 0 Å². The van der Waals surface area contributed by atoms with Crippen molar-refractivity contribution in [1.82, 2.24) is 0 Å². The molecule has 3 rings (SSSR count). The number of nitrogens with one attached hydrogen (secondary N) is 1. The van der Waals surface area contributed by atoms with Crippen LogP contribution in [0.15, 0.2) is 54.6 Å². The van der Waals surface area contributed by atoms with Gasteiger partial charge in [-0.25, -0.2) is 0 Å². The molecule has 3 heteroatoms. The van der Waals surface area contributed by atoms with Crippen LogP contribution in [0.2, 0.25) is 5.02 Å². The van der Waals surface area contributed by atoms with E-state index in [2.05, 4.69) is 23.5 Å². The van der Waals surface area contributed by atoms with Gasteiger partial charge in [0.25, 0.3) is 0 Å². The first-order chi connectivity index (χ1) is 10.7. The third-order valence-corrected chi connectivity index (χ3v) is 4.27. The first-order valence-electron chi connectivity index (χ1n) is 7.23. The molecule has 1 N–H and O–H groups in total. The van der Waals surface area contributed by atoms with Crippen molar-refractivity contribution in [3.05, 3.63) is 70.7 Å². The van der Waals surface area contributed by atoms with Crippen molar-refractivity contribution in [2.45, 2.75) is 13.5 Å². The summed E-state index contributed by atoms with van der Waals surface area (Å²) in [7, 11) is 1.70. The highest BCUT2D eigenvalue weighted by Gasteiger charge is 2.08. The van der Waals surface area contributed by atoms with Gasteiger partial charge < -0.3 is 10.1 Å². The monoisotopic (exact) mass is 311 g/mol. The molecule has 0 saturated heterocycles. The summed E-state index contributed by atoms with van der Waals surface area (Å²) in [6, 6.07) is 18.4. The van der Waals surface area contributed by atoms with E-state index in [1.165, 1.54) is 10.8 Å². The second-order valence-corrected chi connectivity index (χ2v) is 5.69. The van der Waals surface area contributed by atoms with Crippen LogP contribution in [-0.4, -0.2) is 7.11 Å². The lowest BCUT2D eigenvalue weighted by Gasteiger charge is -2.14. The number of rotatable bonds is 4. The van der Waals surface area contributed by atoms with Crippen LogP contribution in [0, 0.1) is 6.92 Å². The molecule has 0 fully saturated rings. The molecule has 0 heterocycles. The number of ether oxygens (including phenoxy) is 1. The number of benzene rings is 3. The highest BCUT2D eigenvalue weighted by Crippen LogP contribution is 2.29. The predicted octanol–water partition coefficient (Wildman–Crippen LogP) is 5.42. The minimum atomic E-state index is 0.684. The molecular weight excluding hydrogens is 294 g/mol. The van der Waals surface area contributed by atoms with Gasteiger partial charge in [0, 0.05) is 22.8 Å². The van der Waals surface area contributed by atoms with Gasteiger partial charge in [-0.2, -0.15) is 0 Å². The van der Waals surface area contributed by atoms with Crippen LogP contribution in [0.4, 0.5) is 5.69 Å². The maximum atomic E-state index is 6.18. The number of hydrogen-bond donors (Lipinski definition) is 1. The van der Waals surface area contributed by atoms with Crippen molar-refractivity contribution in [3.8, 4) is 5.75 Å². The largest absolute Gasteiger partial charge is 0.496 e. The fourth-order valence-electron chi connectivity index (χ4n) is 2.58. The van der Waals surface area contributed by atoms with Gasteiger partial charge in [-0.3, -0.25) is 0 Å². The molecule has 112 valence electrons. The van der Waals surface area contributed by atoms with Crippen molar-refractivity contribution in [1.29, 1.82) is 0 Å². The highest BCUT2D eigenvalue weighted by molar-refractivity contribution is 6.31. The topological polar surface area (TPSA) is 21.3 Å². The molecule has 0 aliphatic carbocycles. The molecule has 0 aromatic heterocycles. The Morgan fingerprint density at radius 3 is 2.64 bits per heavy atom. The third-order valence-electron chi connectivity index (χ3n) is 3.86. The maximum Gasteiger partial charge on any atom is 0.124 e. The van der Waals surface area contributed by atoms with Crippen LogP contribution < -0.4 is 10.1 Å². The van der Waals surface area contributed by atoms with Crippen molar-refractivity contribution >= 4 is 28.1 Å². The van der Waals surface area contributed by atoms with Crippen LogP contribution in [0.1, 0.15) is 11.1 Å². The van der Waals surface area contributed by atoms with Crippen LogP contribution in [0.25, 0.3) is 10.8 Å². The quantitative estimate of drug-likeness (QED) is 0.694. The van der Waals surface area contributed by atoms with Gasteiger partial charge in [0.05, 0.1) is 7.11 Å². The molecule has 0 unspecified atom stereocenters. The summed E-state index contributed by atoms with van der Waals surface area (Å²) in [6.45, 7) is 2.68. The Balaban J connectivity index is 1.93. The van der Waals surface area contributed by atoms with E-state index >= 15 is 0 Å². The molecule has 0 radical (unpaired) electrons. The lowest BCUT2D eigenvalue weighted by atomic mass is 10.0. The summed E-state index contributed by atoms with van der Waals surface area (Å²) >= 11 is 6.18. The smallest absolute Gasteiger partial charge is 0.124 e. The number of methoxy groups -OCH3 is 1. The molecule has 3 aromatic carbocycles. The zero-order chi connectivity index (χ0) is 15.5. The van der Waals surface area contributed by atoms with E-state index in [0.29, 0.717) is 6.54 Å². The molecular formula is C19H18ClNO. The summed E-state index contributed by atoms with van der Waals surface area (Å²) in [5.74, 6) is 0.893. The van der Waals surface area contributed by atoms with Gasteiger partial charge in [-0.15, -0.1) is 0 Å². The molecule has 22 heavy (non-hydrogen) atoms. The van der Waals surface area contributed by atoms with E-state index in [4.69, 9.17) is 16.3 Å². The minimum absolute atomic E-state index is 0.684. The van der Waals surface area contributed by atoms with E-state index in [-0.39, 0.29) is 0 Å². The Morgan fingerprint density at radius 2 is 1.86 bits per heavy atom. The molecule has 0 amide bonds. The molecule has 0 spiro atoms. The fourth-order valence-corrected chi connectivity index (χ4v) is 2.76. The van der Waals surface area contributed by atoms with Crippen LogP contribution >= 0.6 is 11.6 Å². The summed E-state index contributed by atoms with van der Waals surface area (Å²) < 4.78 is 5.52. The SMILES string of the molecule is COc1ccc2ccccc2c1CNc1ccc(C)c(Cl)c1. The van der Waals surface area contributed by atoms with Crippen molar-refractivity contribution in [2.24, 2.45) is 0 Å². The molecule has 0 bridgehead atoms. The van der Waals surface area contributed by atoms with E-state index in [1.807, 2.05) is 43.3 Å². The molecule has 0 aliphatic heterocycles. The lowest BCUT2D eigenvalue weighted by Crippen LogP contribution is -2.02. The molecule has 2 nitrogen and oxygen atoms in total. The van der Waals surface area contributed by atoms with Gasteiger partial charge in [0.2, 0.25) is 0 Å². The van der Waals surface area contributed by atoms with E-state index in [0.717, 1.165) is 27.6 Å². The minimum Gasteiger partial charge on any atom is -0.496 e. The lowest BCUT2D eigenvalue weighted by molar-refractivity contribution is 0.411. The third kappa shape index (κ3) is 2.88. The standard InChI is InChI=1S/C19H18ClNO/c1-13-7-9-15(11-18(13)20)21-12-17-16-6-4-3-5-14(16)8-10-19(17)22-2/h3-11,21H,12H2,1-2H3. The zero-order valence-electron chi connectivity index (χ0n) is 12.7. The van der Waals surface area contributed by atoms with Gasteiger partial charge in [-0.05, 0) is 41.5 Å². The normalized spacial score (nSPS) is 10.7. The number of aryl methyl sites for hydroxylation is 1. The molecule has 0 atom stereocenters. The van der Waals surface area contributed by atoms with Crippen LogP contribution in [0.5, 0.6) is 5.75 Å². The van der Waals surface area contributed by atoms with Crippen LogP contribution in [-0.2, 0) is 6.54 Å². The average molecular weight is 312 g/mol.